The summed E-state index contributed by atoms with van der Waals surface area (Å²) in [6.07, 6.45) is 2.89. The van der Waals surface area contributed by atoms with Gasteiger partial charge in [0.2, 0.25) is 0 Å². The summed E-state index contributed by atoms with van der Waals surface area (Å²) in [7, 11) is 1.68. The minimum atomic E-state index is -0.574. The van der Waals surface area contributed by atoms with Crippen LogP contribution < -0.4 is 0 Å². The highest BCUT2D eigenvalue weighted by molar-refractivity contribution is 5.33. The molecular weight excluding hydrogens is 176 g/mol. The molecule has 1 N–H and O–H groups in total. The van der Waals surface area contributed by atoms with Gasteiger partial charge in [-0.3, -0.25) is 0 Å². The third kappa shape index (κ3) is 1.56. The fourth-order valence-corrected chi connectivity index (χ4v) is 2.04. The van der Waals surface area contributed by atoms with E-state index < -0.39 is 5.60 Å². The van der Waals surface area contributed by atoms with E-state index in [0.29, 0.717) is 6.61 Å². The Morgan fingerprint density at radius 3 is 2.64 bits per heavy atom. The predicted octanol–water partition coefficient (Wildman–Crippen LogP) is 2.20. The summed E-state index contributed by atoms with van der Waals surface area (Å²) < 4.78 is 5.12. The first kappa shape index (κ1) is 9.69. The quantitative estimate of drug-likeness (QED) is 0.795. The SMILES string of the molecule is COCc1ccccc1C1(O)CCC1. The van der Waals surface area contributed by atoms with E-state index in [1.165, 1.54) is 0 Å². The van der Waals surface area contributed by atoms with Crippen LogP contribution in [-0.2, 0) is 16.9 Å². The largest absolute Gasteiger partial charge is 0.385 e. The topological polar surface area (TPSA) is 29.5 Å². The number of rotatable bonds is 3. The smallest absolute Gasteiger partial charge is 0.0900 e. The molecule has 1 aliphatic rings. The molecule has 1 aromatic rings. The first-order chi connectivity index (χ1) is 6.76. The van der Waals surface area contributed by atoms with Crippen molar-refractivity contribution in [3.05, 3.63) is 35.4 Å². The van der Waals surface area contributed by atoms with Crippen LogP contribution in [-0.4, -0.2) is 12.2 Å². The predicted molar refractivity (Wildman–Crippen MR) is 54.9 cm³/mol. The Balaban J connectivity index is 2.31. The second-order valence-corrected chi connectivity index (χ2v) is 3.98. The van der Waals surface area contributed by atoms with Gasteiger partial charge in [-0.2, -0.15) is 0 Å². The van der Waals surface area contributed by atoms with Crippen LogP contribution in [0.3, 0.4) is 0 Å². The van der Waals surface area contributed by atoms with Gasteiger partial charge < -0.3 is 9.84 Å². The van der Waals surface area contributed by atoms with Gasteiger partial charge in [0.15, 0.2) is 0 Å². The number of hydrogen-bond donors (Lipinski definition) is 1. The van der Waals surface area contributed by atoms with Crippen molar-refractivity contribution in [1.29, 1.82) is 0 Å². The Labute approximate surface area is 84.5 Å². The van der Waals surface area contributed by atoms with Crippen LogP contribution in [0.1, 0.15) is 30.4 Å². The monoisotopic (exact) mass is 192 g/mol. The van der Waals surface area contributed by atoms with E-state index in [0.717, 1.165) is 30.4 Å². The van der Waals surface area contributed by atoms with Crippen LogP contribution in [0.5, 0.6) is 0 Å². The maximum absolute atomic E-state index is 10.2. The first-order valence-corrected chi connectivity index (χ1v) is 5.06. The summed E-state index contributed by atoms with van der Waals surface area (Å²) in [5.41, 5.74) is 1.58. The lowest BCUT2D eigenvalue weighted by molar-refractivity contribution is -0.0405. The van der Waals surface area contributed by atoms with Crippen molar-refractivity contribution in [2.75, 3.05) is 7.11 Å². The molecule has 1 aliphatic carbocycles. The second-order valence-electron chi connectivity index (χ2n) is 3.98. The van der Waals surface area contributed by atoms with Gasteiger partial charge in [-0.15, -0.1) is 0 Å². The van der Waals surface area contributed by atoms with Crippen molar-refractivity contribution in [2.45, 2.75) is 31.5 Å². The summed E-state index contributed by atoms with van der Waals surface area (Å²) in [4.78, 5) is 0. The Bertz CT molecular complexity index is 316. The van der Waals surface area contributed by atoms with Gasteiger partial charge in [-0.1, -0.05) is 24.3 Å². The number of ether oxygens (including phenoxy) is 1. The van der Waals surface area contributed by atoms with E-state index in [2.05, 4.69) is 0 Å². The lowest BCUT2D eigenvalue weighted by Crippen LogP contribution is -2.34. The zero-order valence-corrected chi connectivity index (χ0v) is 8.49. The van der Waals surface area contributed by atoms with Gasteiger partial charge in [0.1, 0.15) is 0 Å². The van der Waals surface area contributed by atoms with Gasteiger partial charge in [0.25, 0.3) is 0 Å². The first-order valence-electron chi connectivity index (χ1n) is 5.06. The molecule has 2 rings (SSSR count). The fraction of sp³-hybridized carbons (Fsp3) is 0.500. The number of methoxy groups -OCH3 is 1. The van der Waals surface area contributed by atoms with Crippen molar-refractivity contribution in [1.82, 2.24) is 0 Å². The van der Waals surface area contributed by atoms with Crippen LogP contribution in [0.2, 0.25) is 0 Å². The minimum absolute atomic E-state index is 0.574. The fourth-order valence-electron chi connectivity index (χ4n) is 2.04. The summed E-state index contributed by atoms with van der Waals surface area (Å²) in [6, 6.07) is 7.99. The zero-order chi connectivity index (χ0) is 10.0. The molecule has 14 heavy (non-hydrogen) atoms. The third-order valence-corrected chi connectivity index (χ3v) is 3.00. The molecule has 1 fully saturated rings. The van der Waals surface area contributed by atoms with Gasteiger partial charge in [-0.25, -0.2) is 0 Å². The molecule has 0 spiro atoms. The molecule has 76 valence electrons. The van der Waals surface area contributed by atoms with Crippen molar-refractivity contribution >= 4 is 0 Å². The molecule has 0 aromatic heterocycles. The van der Waals surface area contributed by atoms with Crippen LogP contribution >= 0.6 is 0 Å². The van der Waals surface area contributed by atoms with Crippen molar-refractivity contribution in [2.24, 2.45) is 0 Å². The van der Waals surface area contributed by atoms with Crippen LogP contribution in [0.15, 0.2) is 24.3 Å². The number of aliphatic hydroxyl groups is 1. The Morgan fingerprint density at radius 1 is 1.36 bits per heavy atom. The summed E-state index contributed by atoms with van der Waals surface area (Å²) >= 11 is 0. The molecule has 0 radical (unpaired) electrons. The highest BCUT2D eigenvalue weighted by Gasteiger charge is 2.37. The summed E-state index contributed by atoms with van der Waals surface area (Å²) in [5, 5.41) is 10.2. The second kappa shape index (κ2) is 3.71. The van der Waals surface area contributed by atoms with E-state index in [1.54, 1.807) is 7.11 Å². The molecule has 0 amide bonds. The Hall–Kier alpha value is -0.860. The van der Waals surface area contributed by atoms with Crippen LogP contribution in [0, 0.1) is 0 Å². The molecule has 1 aromatic carbocycles. The molecule has 0 bridgehead atoms. The van der Waals surface area contributed by atoms with Crippen LogP contribution in [0.4, 0.5) is 0 Å². The summed E-state index contributed by atoms with van der Waals surface area (Å²) in [5.74, 6) is 0. The Morgan fingerprint density at radius 2 is 2.07 bits per heavy atom. The lowest BCUT2D eigenvalue weighted by atomic mass is 9.73. The highest BCUT2D eigenvalue weighted by Crippen LogP contribution is 2.42. The Kier molecular flexibility index (Phi) is 2.57. The maximum atomic E-state index is 10.2. The van der Waals surface area contributed by atoms with Gasteiger partial charge >= 0.3 is 0 Å². The van der Waals surface area contributed by atoms with E-state index in [9.17, 15) is 5.11 Å². The number of benzene rings is 1. The molecule has 0 unspecified atom stereocenters. The van der Waals surface area contributed by atoms with Crippen molar-refractivity contribution in [3.8, 4) is 0 Å². The van der Waals surface area contributed by atoms with Gasteiger partial charge in [-0.05, 0) is 30.4 Å². The maximum Gasteiger partial charge on any atom is 0.0900 e. The molecule has 0 aliphatic heterocycles. The lowest BCUT2D eigenvalue weighted by Gasteiger charge is -2.38. The average Bonchev–Trinajstić information content (AvgIpc) is 2.16. The van der Waals surface area contributed by atoms with E-state index in [-0.39, 0.29) is 0 Å². The summed E-state index contributed by atoms with van der Waals surface area (Å²) in [6.45, 7) is 0.582. The average molecular weight is 192 g/mol. The molecule has 0 heterocycles. The van der Waals surface area contributed by atoms with E-state index >= 15 is 0 Å². The van der Waals surface area contributed by atoms with Crippen molar-refractivity contribution in [3.63, 3.8) is 0 Å². The van der Waals surface area contributed by atoms with Crippen LogP contribution in [0.25, 0.3) is 0 Å². The molecule has 2 nitrogen and oxygen atoms in total. The van der Waals surface area contributed by atoms with E-state index in [1.807, 2.05) is 24.3 Å². The molecule has 2 heteroatoms. The normalized spacial score (nSPS) is 19.0. The molecule has 0 saturated heterocycles. The van der Waals surface area contributed by atoms with E-state index in [4.69, 9.17) is 4.74 Å². The van der Waals surface area contributed by atoms with Gasteiger partial charge in [0, 0.05) is 7.11 Å². The molecule has 0 atom stereocenters. The number of hydrogen-bond acceptors (Lipinski definition) is 2. The highest BCUT2D eigenvalue weighted by atomic mass is 16.5. The standard InChI is InChI=1S/C12H16O2/c1-14-9-10-5-2-3-6-11(10)12(13)7-4-8-12/h2-3,5-6,13H,4,7-9H2,1H3. The van der Waals surface area contributed by atoms with Gasteiger partial charge in [0.05, 0.1) is 12.2 Å². The minimum Gasteiger partial charge on any atom is -0.385 e. The third-order valence-electron chi connectivity index (χ3n) is 3.00. The zero-order valence-electron chi connectivity index (χ0n) is 8.49. The van der Waals surface area contributed by atoms with Crippen molar-refractivity contribution < 1.29 is 9.84 Å². The molecule has 1 saturated carbocycles. The molecular formula is C12H16O2.